The molecule has 0 bridgehead atoms. The van der Waals surface area contributed by atoms with Crippen molar-refractivity contribution < 1.29 is 0 Å². The van der Waals surface area contributed by atoms with Gasteiger partial charge in [0.05, 0.1) is 5.69 Å². The van der Waals surface area contributed by atoms with Crippen LogP contribution in [0.4, 0.5) is 0 Å². The predicted molar refractivity (Wildman–Crippen MR) is 86.2 cm³/mol. The molecule has 0 radical (unpaired) electrons. The minimum absolute atomic E-state index is 0.671. The van der Waals surface area contributed by atoms with Crippen LogP contribution in [0.15, 0.2) is 24.4 Å². The number of hydrogen-bond donors (Lipinski definition) is 1. The van der Waals surface area contributed by atoms with Crippen molar-refractivity contribution >= 4 is 0 Å². The topological polar surface area (TPSA) is 42.7 Å². The van der Waals surface area contributed by atoms with Crippen molar-refractivity contribution in [1.82, 2.24) is 20.1 Å². The average Bonchev–Trinajstić information content (AvgIpc) is 2.73. The quantitative estimate of drug-likeness (QED) is 0.851. The van der Waals surface area contributed by atoms with Crippen LogP contribution < -0.4 is 5.32 Å². The van der Waals surface area contributed by atoms with Gasteiger partial charge in [0.2, 0.25) is 0 Å². The zero-order valence-electron chi connectivity index (χ0n) is 13.6. The first-order valence-corrected chi connectivity index (χ1v) is 7.71. The second kappa shape index (κ2) is 7.36. The van der Waals surface area contributed by atoms with Gasteiger partial charge in [-0.15, -0.1) is 0 Å². The Kier molecular flexibility index (Phi) is 5.51. The molecule has 1 N–H and O–H groups in total. The normalized spacial score (nSPS) is 11.3. The zero-order valence-corrected chi connectivity index (χ0v) is 13.6. The van der Waals surface area contributed by atoms with E-state index in [1.807, 2.05) is 18.3 Å². The van der Waals surface area contributed by atoms with Gasteiger partial charge in [-0.25, -0.2) is 0 Å². The molecule has 2 aromatic rings. The summed E-state index contributed by atoms with van der Waals surface area (Å²) in [5.41, 5.74) is 4.84. The van der Waals surface area contributed by atoms with Gasteiger partial charge in [0.15, 0.2) is 0 Å². The van der Waals surface area contributed by atoms with Crippen LogP contribution in [-0.4, -0.2) is 21.3 Å². The standard InChI is InChI=1S/C17H26N4/c1-13(2)11-18-12-17-14(3)20-21(15(17)4)10-8-16-7-5-6-9-19-16/h5-7,9,13,18H,8,10-12H2,1-4H3. The number of nitrogens with one attached hydrogen (secondary N) is 1. The highest BCUT2D eigenvalue weighted by atomic mass is 15.3. The fraction of sp³-hybridized carbons (Fsp3) is 0.529. The molecule has 0 aliphatic rings. The lowest BCUT2D eigenvalue weighted by molar-refractivity contribution is 0.549. The predicted octanol–water partition coefficient (Wildman–Crippen LogP) is 2.88. The maximum atomic E-state index is 4.67. The minimum Gasteiger partial charge on any atom is -0.312 e. The highest BCUT2D eigenvalue weighted by Gasteiger charge is 2.11. The third kappa shape index (κ3) is 4.39. The maximum Gasteiger partial charge on any atom is 0.0641 e. The van der Waals surface area contributed by atoms with Crippen molar-refractivity contribution in [2.24, 2.45) is 5.92 Å². The van der Waals surface area contributed by atoms with E-state index < -0.39 is 0 Å². The largest absolute Gasteiger partial charge is 0.312 e. The maximum absolute atomic E-state index is 4.67. The van der Waals surface area contributed by atoms with Crippen LogP contribution in [-0.2, 0) is 19.5 Å². The van der Waals surface area contributed by atoms with E-state index in [9.17, 15) is 0 Å². The number of pyridine rings is 1. The number of nitrogens with zero attached hydrogens (tertiary/aromatic N) is 3. The molecular weight excluding hydrogens is 260 g/mol. The number of aryl methyl sites for hydroxylation is 3. The van der Waals surface area contributed by atoms with E-state index in [1.165, 1.54) is 11.3 Å². The molecule has 4 nitrogen and oxygen atoms in total. The van der Waals surface area contributed by atoms with Gasteiger partial charge in [-0.3, -0.25) is 9.67 Å². The van der Waals surface area contributed by atoms with Crippen LogP contribution in [0.1, 0.15) is 36.5 Å². The second-order valence-corrected chi connectivity index (χ2v) is 5.97. The first kappa shape index (κ1) is 15.7. The smallest absolute Gasteiger partial charge is 0.0641 e. The Bertz CT molecular complexity index is 558. The van der Waals surface area contributed by atoms with Crippen LogP contribution in [0.5, 0.6) is 0 Å². The Morgan fingerprint density at radius 1 is 1.24 bits per heavy atom. The van der Waals surface area contributed by atoms with Crippen molar-refractivity contribution in [3.05, 3.63) is 47.0 Å². The summed E-state index contributed by atoms with van der Waals surface area (Å²) in [5.74, 6) is 0.671. The summed E-state index contributed by atoms with van der Waals surface area (Å²) >= 11 is 0. The van der Waals surface area contributed by atoms with Gasteiger partial charge in [-0.1, -0.05) is 19.9 Å². The third-order valence-electron chi connectivity index (χ3n) is 3.69. The molecule has 114 valence electrons. The van der Waals surface area contributed by atoms with Gasteiger partial charge in [0, 0.05) is 42.7 Å². The number of hydrogen-bond acceptors (Lipinski definition) is 3. The molecule has 0 spiro atoms. The molecule has 0 aliphatic heterocycles. The SMILES string of the molecule is Cc1nn(CCc2ccccn2)c(C)c1CNCC(C)C. The van der Waals surface area contributed by atoms with Crippen LogP contribution in [0.25, 0.3) is 0 Å². The molecule has 21 heavy (non-hydrogen) atoms. The molecule has 0 unspecified atom stereocenters. The van der Waals surface area contributed by atoms with E-state index in [-0.39, 0.29) is 0 Å². The Morgan fingerprint density at radius 3 is 2.71 bits per heavy atom. The van der Waals surface area contributed by atoms with Gasteiger partial charge in [-0.2, -0.15) is 5.10 Å². The molecule has 0 amide bonds. The van der Waals surface area contributed by atoms with Gasteiger partial charge in [0.25, 0.3) is 0 Å². The first-order valence-electron chi connectivity index (χ1n) is 7.71. The summed E-state index contributed by atoms with van der Waals surface area (Å²) in [6, 6.07) is 6.05. The van der Waals surface area contributed by atoms with Crippen molar-refractivity contribution in [2.75, 3.05) is 6.54 Å². The van der Waals surface area contributed by atoms with E-state index in [2.05, 4.69) is 53.8 Å². The summed E-state index contributed by atoms with van der Waals surface area (Å²) in [6.07, 6.45) is 2.76. The molecule has 0 aromatic carbocycles. The fourth-order valence-electron chi connectivity index (χ4n) is 2.46. The summed E-state index contributed by atoms with van der Waals surface area (Å²) < 4.78 is 2.11. The Morgan fingerprint density at radius 2 is 2.05 bits per heavy atom. The Balaban J connectivity index is 1.98. The van der Waals surface area contributed by atoms with Gasteiger partial charge >= 0.3 is 0 Å². The lowest BCUT2D eigenvalue weighted by Crippen LogP contribution is -2.19. The summed E-state index contributed by atoms with van der Waals surface area (Å²) in [5, 5.41) is 8.18. The van der Waals surface area contributed by atoms with E-state index in [0.29, 0.717) is 5.92 Å². The van der Waals surface area contributed by atoms with E-state index in [0.717, 1.165) is 37.4 Å². The van der Waals surface area contributed by atoms with Crippen LogP contribution in [0.3, 0.4) is 0 Å². The molecule has 0 saturated heterocycles. The minimum atomic E-state index is 0.671. The monoisotopic (exact) mass is 286 g/mol. The van der Waals surface area contributed by atoms with Crippen molar-refractivity contribution in [3.63, 3.8) is 0 Å². The summed E-state index contributed by atoms with van der Waals surface area (Å²) in [4.78, 5) is 4.37. The summed E-state index contributed by atoms with van der Waals surface area (Å²) in [6.45, 7) is 11.5. The average molecular weight is 286 g/mol. The van der Waals surface area contributed by atoms with Gasteiger partial charge < -0.3 is 5.32 Å². The molecule has 2 rings (SSSR count). The highest BCUT2D eigenvalue weighted by molar-refractivity contribution is 5.24. The van der Waals surface area contributed by atoms with E-state index >= 15 is 0 Å². The van der Waals surface area contributed by atoms with Crippen LogP contribution in [0, 0.1) is 19.8 Å². The van der Waals surface area contributed by atoms with Gasteiger partial charge in [0.1, 0.15) is 0 Å². The van der Waals surface area contributed by atoms with Gasteiger partial charge in [-0.05, 0) is 38.4 Å². The van der Waals surface area contributed by atoms with E-state index in [4.69, 9.17) is 0 Å². The lowest BCUT2D eigenvalue weighted by Gasteiger charge is -2.08. The van der Waals surface area contributed by atoms with Crippen LogP contribution in [0.2, 0.25) is 0 Å². The second-order valence-electron chi connectivity index (χ2n) is 5.97. The number of rotatable bonds is 7. The highest BCUT2D eigenvalue weighted by Crippen LogP contribution is 2.13. The van der Waals surface area contributed by atoms with Crippen molar-refractivity contribution in [3.8, 4) is 0 Å². The number of aromatic nitrogens is 3. The lowest BCUT2D eigenvalue weighted by atomic mass is 10.1. The molecule has 0 aliphatic carbocycles. The third-order valence-corrected chi connectivity index (χ3v) is 3.69. The first-order chi connectivity index (χ1) is 10.1. The molecule has 0 fully saturated rings. The Hall–Kier alpha value is -1.68. The molecule has 0 saturated carbocycles. The molecule has 2 aromatic heterocycles. The fourth-order valence-corrected chi connectivity index (χ4v) is 2.46. The van der Waals surface area contributed by atoms with Crippen molar-refractivity contribution in [1.29, 1.82) is 0 Å². The van der Waals surface area contributed by atoms with Crippen molar-refractivity contribution in [2.45, 2.75) is 47.2 Å². The molecule has 0 atom stereocenters. The van der Waals surface area contributed by atoms with Crippen LogP contribution >= 0.6 is 0 Å². The molecule has 2 heterocycles. The molecule has 4 heteroatoms. The zero-order chi connectivity index (χ0) is 15.2. The summed E-state index contributed by atoms with van der Waals surface area (Å²) in [7, 11) is 0. The molecular formula is C17H26N4. The van der Waals surface area contributed by atoms with E-state index in [1.54, 1.807) is 0 Å². The Labute approximate surface area is 127 Å².